The van der Waals surface area contributed by atoms with Crippen molar-refractivity contribution in [1.29, 1.82) is 0 Å². The summed E-state index contributed by atoms with van der Waals surface area (Å²) in [4.78, 5) is 15.1. The lowest BCUT2D eigenvalue weighted by atomic mass is 9.98. The van der Waals surface area contributed by atoms with Crippen LogP contribution in [0.5, 0.6) is 0 Å². The van der Waals surface area contributed by atoms with Crippen LogP contribution >= 0.6 is 0 Å². The minimum absolute atomic E-state index is 0.114. The van der Waals surface area contributed by atoms with E-state index in [4.69, 9.17) is 5.73 Å². The highest BCUT2D eigenvalue weighted by atomic mass is 19.4. The number of benzene rings is 1. The third-order valence-corrected chi connectivity index (χ3v) is 2.90. The molecule has 4 nitrogen and oxygen atoms in total. The summed E-state index contributed by atoms with van der Waals surface area (Å²) in [6, 6.07) is 3.64. The Balaban J connectivity index is 2.70. The zero-order valence-corrected chi connectivity index (χ0v) is 11.2. The number of anilines is 1. The van der Waals surface area contributed by atoms with E-state index in [-0.39, 0.29) is 16.9 Å². The molecule has 0 fully saturated rings. The highest BCUT2D eigenvalue weighted by molar-refractivity contribution is 5.96. The molecule has 0 amide bonds. The van der Waals surface area contributed by atoms with Crippen LogP contribution in [0.2, 0.25) is 0 Å². The molecular formula is C14H10F4N2O2. The summed E-state index contributed by atoms with van der Waals surface area (Å²) in [7, 11) is 1.03. The summed E-state index contributed by atoms with van der Waals surface area (Å²) in [5.74, 6) is -1.67. The van der Waals surface area contributed by atoms with Crippen molar-refractivity contribution < 1.29 is 27.1 Å². The number of aromatic nitrogens is 1. The van der Waals surface area contributed by atoms with E-state index >= 15 is 0 Å². The Bertz CT molecular complexity index is 712. The van der Waals surface area contributed by atoms with Gasteiger partial charge in [-0.3, -0.25) is 4.98 Å². The topological polar surface area (TPSA) is 65.2 Å². The second kappa shape index (κ2) is 5.63. The predicted molar refractivity (Wildman–Crippen MR) is 70.4 cm³/mol. The van der Waals surface area contributed by atoms with Crippen LogP contribution in [0.1, 0.15) is 15.9 Å². The van der Waals surface area contributed by atoms with Crippen molar-refractivity contribution in [3.05, 3.63) is 47.4 Å². The number of pyridine rings is 1. The van der Waals surface area contributed by atoms with Gasteiger partial charge in [0.05, 0.1) is 30.1 Å². The van der Waals surface area contributed by atoms with Gasteiger partial charge in [-0.1, -0.05) is 0 Å². The monoisotopic (exact) mass is 314 g/mol. The Hall–Kier alpha value is -2.64. The molecule has 2 rings (SSSR count). The summed E-state index contributed by atoms with van der Waals surface area (Å²) in [6.07, 6.45) is -3.96. The molecule has 0 spiro atoms. The maximum absolute atomic E-state index is 13.2. The molecule has 2 N–H and O–H groups in total. The lowest BCUT2D eigenvalue weighted by Crippen LogP contribution is -2.13. The van der Waals surface area contributed by atoms with Crippen LogP contribution in [0.15, 0.2) is 30.5 Å². The molecule has 1 aromatic carbocycles. The molecule has 0 atom stereocenters. The third-order valence-electron chi connectivity index (χ3n) is 2.90. The number of ether oxygens (including phenoxy) is 1. The van der Waals surface area contributed by atoms with E-state index in [1.807, 2.05) is 0 Å². The first-order chi connectivity index (χ1) is 10.2. The van der Waals surface area contributed by atoms with Crippen LogP contribution in [0.25, 0.3) is 11.3 Å². The van der Waals surface area contributed by atoms with E-state index in [0.717, 1.165) is 31.5 Å². The van der Waals surface area contributed by atoms with Crippen molar-refractivity contribution in [2.45, 2.75) is 6.18 Å². The number of alkyl halides is 3. The van der Waals surface area contributed by atoms with Gasteiger partial charge >= 0.3 is 12.1 Å². The molecule has 8 heteroatoms. The van der Waals surface area contributed by atoms with E-state index in [1.54, 1.807) is 0 Å². The molecule has 0 saturated carbocycles. The minimum Gasteiger partial charge on any atom is -0.465 e. The van der Waals surface area contributed by atoms with Crippen molar-refractivity contribution in [3.8, 4) is 11.3 Å². The van der Waals surface area contributed by atoms with Gasteiger partial charge in [0.25, 0.3) is 0 Å². The van der Waals surface area contributed by atoms with E-state index in [0.29, 0.717) is 6.07 Å². The molecule has 0 aliphatic rings. The molecule has 22 heavy (non-hydrogen) atoms. The van der Waals surface area contributed by atoms with Crippen molar-refractivity contribution in [3.63, 3.8) is 0 Å². The number of nitrogens with two attached hydrogens (primary N) is 1. The van der Waals surface area contributed by atoms with Gasteiger partial charge in [-0.15, -0.1) is 0 Å². The number of halogens is 4. The lowest BCUT2D eigenvalue weighted by Gasteiger charge is -2.15. The molecule has 0 unspecified atom stereocenters. The van der Waals surface area contributed by atoms with Gasteiger partial charge in [0, 0.05) is 11.3 Å². The highest BCUT2D eigenvalue weighted by Gasteiger charge is 2.35. The quantitative estimate of drug-likeness (QED) is 0.525. The van der Waals surface area contributed by atoms with Crippen molar-refractivity contribution in [1.82, 2.24) is 4.98 Å². The van der Waals surface area contributed by atoms with Crippen LogP contribution in [-0.2, 0) is 10.9 Å². The normalized spacial score (nSPS) is 11.3. The van der Waals surface area contributed by atoms with E-state index in [1.165, 1.54) is 0 Å². The average molecular weight is 314 g/mol. The van der Waals surface area contributed by atoms with Gasteiger partial charge in [-0.25, -0.2) is 9.18 Å². The number of carbonyl (C=O) groups excluding carboxylic acids is 1. The van der Waals surface area contributed by atoms with Crippen LogP contribution in [0.4, 0.5) is 23.2 Å². The number of rotatable bonds is 2. The second-order valence-electron chi connectivity index (χ2n) is 4.34. The van der Waals surface area contributed by atoms with Crippen molar-refractivity contribution in [2.75, 3.05) is 12.8 Å². The summed E-state index contributed by atoms with van der Waals surface area (Å²) in [5.41, 5.74) is 3.44. The molecule has 0 aliphatic carbocycles. The lowest BCUT2D eigenvalue weighted by molar-refractivity contribution is -0.137. The van der Waals surface area contributed by atoms with Gasteiger partial charge in [0.15, 0.2) is 0 Å². The zero-order valence-electron chi connectivity index (χ0n) is 11.2. The van der Waals surface area contributed by atoms with Gasteiger partial charge < -0.3 is 10.5 Å². The van der Waals surface area contributed by atoms with Crippen LogP contribution < -0.4 is 5.73 Å². The molecule has 116 valence electrons. The number of nitrogens with zero attached hydrogens (tertiary/aromatic N) is 1. The Morgan fingerprint density at radius 2 is 1.95 bits per heavy atom. The molecule has 0 bridgehead atoms. The third kappa shape index (κ3) is 3.00. The van der Waals surface area contributed by atoms with Crippen LogP contribution in [-0.4, -0.2) is 18.1 Å². The summed E-state index contributed by atoms with van der Waals surface area (Å²) < 4.78 is 56.8. The maximum atomic E-state index is 13.2. The van der Waals surface area contributed by atoms with Crippen LogP contribution in [0, 0.1) is 5.82 Å². The zero-order chi connectivity index (χ0) is 16.5. The number of carbonyl (C=O) groups is 1. The van der Waals surface area contributed by atoms with E-state index in [9.17, 15) is 22.4 Å². The summed E-state index contributed by atoms with van der Waals surface area (Å²) in [6.45, 7) is 0. The molecular weight excluding hydrogens is 304 g/mol. The Kier molecular flexibility index (Phi) is 4.03. The van der Waals surface area contributed by atoms with E-state index in [2.05, 4.69) is 9.72 Å². The largest absolute Gasteiger partial charge is 0.465 e. The Labute approximate surface area is 122 Å². The number of esters is 1. The van der Waals surface area contributed by atoms with Gasteiger partial charge in [0.2, 0.25) is 0 Å². The van der Waals surface area contributed by atoms with Gasteiger partial charge in [-0.2, -0.15) is 13.2 Å². The number of nitrogen functional groups attached to an aromatic ring is 1. The number of hydrogen-bond acceptors (Lipinski definition) is 4. The first-order valence-electron chi connectivity index (χ1n) is 5.95. The van der Waals surface area contributed by atoms with Crippen molar-refractivity contribution in [2.24, 2.45) is 0 Å². The van der Waals surface area contributed by atoms with Crippen molar-refractivity contribution >= 4 is 11.7 Å². The average Bonchev–Trinajstić information content (AvgIpc) is 2.45. The number of methoxy groups -OCH3 is 1. The number of hydrogen-bond donors (Lipinski definition) is 1. The Morgan fingerprint density at radius 3 is 2.45 bits per heavy atom. The minimum atomic E-state index is -4.75. The first kappa shape index (κ1) is 15.7. The highest BCUT2D eigenvalue weighted by Crippen LogP contribution is 2.39. The fourth-order valence-electron chi connectivity index (χ4n) is 1.88. The van der Waals surface area contributed by atoms with Crippen LogP contribution in [0.3, 0.4) is 0 Å². The second-order valence-corrected chi connectivity index (χ2v) is 4.34. The summed E-state index contributed by atoms with van der Waals surface area (Å²) >= 11 is 0. The summed E-state index contributed by atoms with van der Waals surface area (Å²) in [5, 5.41) is 0. The molecule has 1 heterocycles. The van der Waals surface area contributed by atoms with E-state index < -0.39 is 29.1 Å². The molecule has 0 saturated heterocycles. The Morgan fingerprint density at radius 1 is 1.27 bits per heavy atom. The fraction of sp³-hybridized carbons (Fsp3) is 0.143. The maximum Gasteiger partial charge on any atom is 0.417 e. The fourth-order valence-corrected chi connectivity index (χ4v) is 1.88. The molecule has 2 aromatic rings. The molecule has 0 radical (unpaired) electrons. The first-order valence-corrected chi connectivity index (χ1v) is 5.95. The predicted octanol–water partition coefficient (Wildman–Crippen LogP) is 3.28. The molecule has 1 aromatic heterocycles. The molecule has 0 aliphatic heterocycles. The standard InChI is InChI=1S/C14H10F4N2O2/c1-22-13(21)9-4-10(14(16,17)18)8(5-11(9)19)12-3-2-7(15)6-20-12/h2-6H,19H2,1H3. The SMILES string of the molecule is COC(=O)c1cc(C(F)(F)F)c(-c2ccc(F)cn2)cc1N. The van der Waals surface area contributed by atoms with Gasteiger partial charge in [-0.05, 0) is 24.3 Å². The smallest absolute Gasteiger partial charge is 0.417 e. The van der Waals surface area contributed by atoms with Gasteiger partial charge in [0.1, 0.15) is 5.82 Å².